The first-order chi connectivity index (χ1) is 19.1. The molecule has 0 aliphatic heterocycles. The van der Waals surface area contributed by atoms with E-state index in [1.165, 1.54) is 135 Å². The second-order valence-corrected chi connectivity index (χ2v) is 12.8. The first-order valence-corrected chi connectivity index (χ1v) is 18.2. The summed E-state index contributed by atoms with van der Waals surface area (Å²) in [6, 6.07) is 0. The van der Waals surface area contributed by atoms with E-state index in [1.54, 1.807) is 0 Å². The molecule has 2 unspecified atom stereocenters. The van der Waals surface area contributed by atoms with Crippen molar-refractivity contribution in [2.24, 2.45) is 0 Å². The van der Waals surface area contributed by atoms with Gasteiger partial charge in [0.15, 0.2) is 0 Å². The van der Waals surface area contributed by atoms with Crippen molar-refractivity contribution in [3.63, 3.8) is 0 Å². The Hall–Kier alpha value is 0.0300. The van der Waals surface area contributed by atoms with E-state index in [4.69, 9.17) is 14.0 Å². The lowest BCUT2D eigenvalue weighted by molar-refractivity contribution is -0.225. The van der Waals surface area contributed by atoms with Crippen LogP contribution >= 0.6 is 7.82 Å². The van der Waals surface area contributed by atoms with Crippen LogP contribution < -0.4 is 4.89 Å². The van der Waals surface area contributed by atoms with Gasteiger partial charge in [-0.2, -0.15) is 0 Å². The summed E-state index contributed by atoms with van der Waals surface area (Å²) in [6.45, 7) is 6.09. The van der Waals surface area contributed by atoms with Crippen molar-refractivity contribution in [3.05, 3.63) is 0 Å². The topological polar surface area (TPSA) is 77.1 Å². The number of hydrogen-bond donors (Lipinski definition) is 0. The van der Waals surface area contributed by atoms with Crippen molar-refractivity contribution in [3.8, 4) is 0 Å². The number of rotatable bonds is 33. The maximum Gasteiger partial charge on any atom is 0.267 e. The largest absolute Gasteiger partial charge is 0.756 e. The molecule has 0 radical (unpaired) electrons. The molecular formula is C32H66O6P-. The van der Waals surface area contributed by atoms with Crippen LogP contribution in [0.2, 0.25) is 0 Å². The minimum atomic E-state index is -4.26. The summed E-state index contributed by atoms with van der Waals surface area (Å²) in [7, 11) is -3.15. The lowest BCUT2D eigenvalue weighted by Crippen LogP contribution is -2.27. The summed E-state index contributed by atoms with van der Waals surface area (Å²) in [4.78, 5) is 11.6. The lowest BCUT2D eigenvalue weighted by Gasteiger charge is -2.24. The Bertz CT molecular complexity index is 519. The van der Waals surface area contributed by atoms with E-state index in [0.717, 1.165) is 26.4 Å². The smallest absolute Gasteiger partial charge is 0.267 e. The molecule has 39 heavy (non-hydrogen) atoms. The standard InChI is InChI=1S/C32H67O6P/c1-4-6-8-10-12-14-16-18-20-22-24-26-28-36-30-32(31-38-39(33,34)35-3)37-29-27-25-23-21-19-17-15-13-11-9-7-5-2/h32H,4-31H2,1-3H3,(H,33,34)/p-1. The zero-order valence-electron chi connectivity index (χ0n) is 26.3. The number of ether oxygens (including phenoxy) is 2. The molecule has 0 aliphatic carbocycles. The zero-order chi connectivity index (χ0) is 28.7. The third kappa shape index (κ3) is 30.8. The Kier molecular flexibility index (Phi) is 31.0. The molecule has 0 aromatic rings. The molecule has 0 saturated heterocycles. The van der Waals surface area contributed by atoms with Gasteiger partial charge in [-0.3, -0.25) is 4.57 Å². The van der Waals surface area contributed by atoms with Crippen molar-refractivity contribution in [1.29, 1.82) is 0 Å². The number of phosphoric ester groups is 1. The van der Waals surface area contributed by atoms with Crippen molar-refractivity contribution < 1.29 is 28.0 Å². The average molecular weight is 578 g/mol. The summed E-state index contributed by atoms with van der Waals surface area (Å²) < 4.78 is 32.7. The number of phosphoric acid groups is 1. The SMILES string of the molecule is CCCCCCCCCCCCCCOCC(COP(=O)([O-])OC)OCCCCCCCCCCCCCC. The molecular weight excluding hydrogens is 511 g/mol. The van der Waals surface area contributed by atoms with Gasteiger partial charge in [0.1, 0.15) is 6.10 Å². The molecule has 0 rings (SSSR count). The van der Waals surface area contributed by atoms with Gasteiger partial charge in [0.2, 0.25) is 0 Å². The summed E-state index contributed by atoms with van der Waals surface area (Å²) in [5.41, 5.74) is 0. The third-order valence-corrected chi connectivity index (χ3v) is 8.35. The highest BCUT2D eigenvalue weighted by Crippen LogP contribution is 2.36. The number of hydrogen-bond acceptors (Lipinski definition) is 6. The average Bonchev–Trinajstić information content (AvgIpc) is 2.93. The quantitative estimate of drug-likeness (QED) is 0.0570. The van der Waals surface area contributed by atoms with Gasteiger partial charge < -0.3 is 23.4 Å². The maximum atomic E-state index is 11.6. The van der Waals surface area contributed by atoms with Gasteiger partial charge in [-0.05, 0) is 12.8 Å². The van der Waals surface area contributed by atoms with Crippen LogP contribution in [-0.4, -0.2) is 39.6 Å². The van der Waals surface area contributed by atoms with Crippen LogP contribution in [0.4, 0.5) is 0 Å². The summed E-state index contributed by atoms with van der Waals surface area (Å²) in [5.74, 6) is 0. The third-order valence-electron chi connectivity index (χ3n) is 7.44. The fourth-order valence-corrected chi connectivity index (χ4v) is 5.28. The minimum absolute atomic E-state index is 0.0642. The molecule has 0 aliphatic rings. The summed E-state index contributed by atoms with van der Waals surface area (Å²) >= 11 is 0. The molecule has 7 heteroatoms. The predicted molar refractivity (Wildman–Crippen MR) is 163 cm³/mol. The monoisotopic (exact) mass is 577 g/mol. The first-order valence-electron chi connectivity index (χ1n) is 16.8. The molecule has 0 aromatic heterocycles. The van der Waals surface area contributed by atoms with Gasteiger partial charge >= 0.3 is 0 Å². The van der Waals surface area contributed by atoms with E-state index < -0.39 is 13.9 Å². The van der Waals surface area contributed by atoms with Gasteiger partial charge in [-0.25, -0.2) is 0 Å². The molecule has 0 amide bonds. The van der Waals surface area contributed by atoms with E-state index >= 15 is 0 Å². The second kappa shape index (κ2) is 31.0. The highest BCUT2D eigenvalue weighted by molar-refractivity contribution is 7.45. The Labute approximate surface area is 243 Å². The van der Waals surface area contributed by atoms with Crippen molar-refractivity contribution in [1.82, 2.24) is 0 Å². The molecule has 0 saturated carbocycles. The summed E-state index contributed by atoms with van der Waals surface area (Å²) in [5, 5.41) is 0. The van der Waals surface area contributed by atoms with Crippen LogP contribution in [0.3, 0.4) is 0 Å². The Morgan fingerprint density at radius 1 is 0.538 bits per heavy atom. The molecule has 0 heterocycles. The van der Waals surface area contributed by atoms with Crippen LogP contribution in [0, 0.1) is 0 Å². The van der Waals surface area contributed by atoms with Crippen LogP contribution in [0.5, 0.6) is 0 Å². The fraction of sp³-hybridized carbons (Fsp3) is 1.00. The van der Waals surface area contributed by atoms with Gasteiger partial charge in [-0.15, -0.1) is 0 Å². The van der Waals surface area contributed by atoms with Gasteiger partial charge in [0.05, 0.1) is 13.2 Å². The molecule has 236 valence electrons. The van der Waals surface area contributed by atoms with Crippen molar-refractivity contribution in [2.75, 3.05) is 33.5 Å². The van der Waals surface area contributed by atoms with E-state index in [9.17, 15) is 9.46 Å². The molecule has 0 aromatic carbocycles. The Balaban J connectivity index is 3.79. The highest BCUT2D eigenvalue weighted by atomic mass is 31.2. The normalized spacial score (nSPS) is 14.1. The molecule has 2 atom stereocenters. The van der Waals surface area contributed by atoms with E-state index in [0.29, 0.717) is 19.8 Å². The first kappa shape index (κ1) is 39.0. The molecule has 0 fully saturated rings. The van der Waals surface area contributed by atoms with Gasteiger partial charge in [0, 0.05) is 20.3 Å². The highest BCUT2D eigenvalue weighted by Gasteiger charge is 2.15. The van der Waals surface area contributed by atoms with E-state index in [2.05, 4.69) is 18.4 Å². The Morgan fingerprint density at radius 3 is 1.28 bits per heavy atom. The zero-order valence-corrected chi connectivity index (χ0v) is 27.2. The lowest BCUT2D eigenvalue weighted by atomic mass is 10.1. The van der Waals surface area contributed by atoms with E-state index in [-0.39, 0.29) is 6.61 Å². The predicted octanol–water partition coefficient (Wildman–Crippen LogP) is 9.92. The minimum Gasteiger partial charge on any atom is -0.756 e. The van der Waals surface area contributed by atoms with Crippen LogP contribution in [-0.2, 0) is 23.1 Å². The van der Waals surface area contributed by atoms with Crippen LogP contribution in [0.1, 0.15) is 168 Å². The van der Waals surface area contributed by atoms with Crippen LogP contribution in [0.25, 0.3) is 0 Å². The van der Waals surface area contributed by atoms with Crippen molar-refractivity contribution in [2.45, 2.75) is 174 Å². The Morgan fingerprint density at radius 2 is 0.897 bits per heavy atom. The molecule has 6 nitrogen and oxygen atoms in total. The van der Waals surface area contributed by atoms with E-state index in [1.807, 2.05) is 0 Å². The maximum absolute atomic E-state index is 11.6. The second-order valence-electron chi connectivity index (χ2n) is 11.3. The van der Waals surface area contributed by atoms with Gasteiger partial charge in [0.25, 0.3) is 7.82 Å². The number of unbranched alkanes of at least 4 members (excludes halogenated alkanes) is 22. The molecule has 0 bridgehead atoms. The molecule has 0 spiro atoms. The fourth-order valence-electron chi connectivity index (χ4n) is 4.82. The van der Waals surface area contributed by atoms with Crippen LogP contribution in [0.15, 0.2) is 0 Å². The summed E-state index contributed by atoms with van der Waals surface area (Å²) in [6.07, 6.45) is 30.9. The molecule has 0 N–H and O–H groups in total. The van der Waals surface area contributed by atoms with Crippen molar-refractivity contribution >= 4 is 7.82 Å². The van der Waals surface area contributed by atoms with Gasteiger partial charge in [-0.1, -0.05) is 155 Å².